The standard InChI is InChI=1S/C32H47N7O3S/c1-2-3-18-37-29(40)21-24-12-9-13-25(19-24)22-30(41)38-27(34)17-16-26(33)14-7-8-15-28(35)43-32(36)39-31(42)20-23-10-5-4-6-11-23/h4-6,9-13,16-17,19,30,32,35,38,41H,2-3,7-8,14-15,18,20-22,33-34,36H2,1H3,(H,37,40)(H,39,42)/b26-16-,27-17+,35-28?. The highest BCUT2D eigenvalue weighted by atomic mass is 32.2. The molecule has 0 aliphatic heterocycles. The van der Waals surface area contributed by atoms with Crippen LogP contribution in [-0.4, -0.2) is 40.2 Å². The van der Waals surface area contributed by atoms with E-state index in [1.165, 1.54) is 0 Å². The van der Waals surface area contributed by atoms with Gasteiger partial charge in [-0.2, -0.15) is 0 Å². The summed E-state index contributed by atoms with van der Waals surface area (Å²) in [6.45, 7) is 2.76. The molecule has 2 amide bonds. The molecule has 0 aromatic heterocycles. The van der Waals surface area contributed by atoms with Crippen LogP contribution in [0.5, 0.6) is 0 Å². The number of carbonyl (C=O) groups is 2. The summed E-state index contributed by atoms with van der Waals surface area (Å²) in [6, 6.07) is 17.0. The van der Waals surface area contributed by atoms with Gasteiger partial charge in [-0.25, -0.2) is 0 Å². The number of hydrogen-bond donors (Lipinski definition) is 8. The predicted octanol–water partition coefficient (Wildman–Crippen LogP) is 3.11. The lowest BCUT2D eigenvalue weighted by Crippen LogP contribution is -2.40. The summed E-state index contributed by atoms with van der Waals surface area (Å²) in [5, 5.41) is 27.5. The smallest absolute Gasteiger partial charge is 0.226 e. The lowest BCUT2D eigenvalue weighted by atomic mass is 10.0. The van der Waals surface area contributed by atoms with Crippen LogP contribution in [0.15, 0.2) is 78.3 Å². The van der Waals surface area contributed by atoms with Crippen molar-refractivity contribution < 1.29 is 14.7 Å². The molecule has 2 rings (SSSR count). The van der Waals surface area contributed by atoms with E-state index in [0.29, 0.717) is 43.0 Å². The van der Waals surface area contributed by atoms with Crippen LogP contribution in [0.25, 0.3) is 0 Å². The van der Waals surface area contributed by atoms with Crippen molar-refractivity contribution >= 4 is 28.6 Å². The molecule has 43 heavy (non-hydrogen) atoms. The molecule has 234 valence electrons. The van der Waals surface area contributed by atoms with E-state index >= 15 is 0 Å². The minimum absolute atomic E-state index is 0.0117. The van der Waals surface area contributed by atoms with Crippen molar-refractivity contribution in [2.45, 2.75) is 76.4 Å². The van der Waals surface area contributed by atoms with Gasteiger partial charge in [0.1, 0.15) is 11.7 Å². The summed E-state index contributed by atoms with van der Waals surface area (Å²) >= 11 is 1.13. The minimum Gasteiger partial charge on any atom is -0.402 e. The largest absolute Gasteiger partial charge is 0.402 e. The van der Waals surface area contributed by atoms with Crippen LogP contribution in [0.1, 0.15) is 62.1 Å². The van der Waals surface area contributed by atoms with Gasteiger partial charge in [-0.3, -0.25) is 15.0 Å². The van der Waals surface area contributed by atoms with Crippen LogP contribution in [0.4, 0.5) is 0 Å². The van der Waals surface area contributed by atoms with Crippen LogP contribution in [0.3, 0.4) is 0 Å². The first-order valence-electron chi connectivity index (χ1n) is 14.7. The zero-order valence-corrected chi connectivity index (χ0v) is 25.8. The van der Waals surface area contributed by atoms with Gasteiger partial charge in [0.15, 0.2) is 0 Å². The number of carbonyl (C=O) groups excluding carboxylic acids is 2. The number of thioether (sulfide) groups is 1. The topological polar surface area (TPSA) is 192 Å². The lowest BCUT2D eigenvalue weighted by molar-refractivity contribution is -0.121. The summed E-state index contributed by atoms with van der Waals surface area (Å²) in [4.78, 5) is 24.2. The van der Waals surface area contributed by atoms with Crippen LogP contribution in [-0.2, 0) is 28.9 Å². The van der Waals surface area contributed by atoms with E-state index in [4.69, 9.17) is 22.6 Å². The molecule has 0 spiro atoms. The number of hydrogen-bond acceptors (Lipinski definition) is 9. The quantitative estimate of drug-likeness (QED) is 0.0391. The molecule has 0 bridgehead atoms. The molecule has 2 aromatic carbocycles. The second-order valence-electron chi connectivity index (χ2n) is 10.3. The summed E-state index contributed by atoms with van der Waals surface area (Å²) in [7, 11) is 0. The fourth-order valence-electron chi connectivity index (χ4n) is 4.16. The molecule has 0 saturated heterocycles. The lowest BCUT2D eigenvalue weighted by Gasteiger charge is -2.15. The maximum atomic E-state index is 12.1. The van der Waals surface area contributed by atoms with E-state index in [-0.39, 0.29) is 24.1 Å². The van der Waals surface area contributed by atoms with Crippen molar-refractivity contribution in [2.24, 2.45) is 17.2 Å². The number of aliphatic hydroxyl groups excluding tert-OH is 1. The first kappa shape index (κ1) is 35.4. The number of rotatable bonds is 19. The summed E-state index contributed by atoms with van der Waals surface area (Å²) in [5.74, 6) is 0.0881. The van der Waals surface area contributed by atoms with Crippen molar-refractivity contribution in [3.05, 3.63) is 95.0 Å². The Kier molecular flexibility index (Phi) is 16.6. The molecule has 10 nitrogen and oxygen atoms in total. The van der Waals surface area contributed by atoms with Gasteiger partial charge in [0.05, 0.1) is 23.7 Å². The number of nitrogens with one attached hydrogen (secondary N) is 4. The molecule has 0 heterocycles. The van der Waals surface area contributed by atoms with Gasteiger partial charge in [0.2, 0.25) is 11.8 Å². The Labute approximate surface area is 259 Å². The Bertz CT molecular complexity index is 1220. The van der Waals surface area contributed by atoms with E-state index < -0.39 is 11.7 Å². The first-order valence-corrected chi connectivity index (χ1v) is 15.6. The van der Waals surface area contributed by atoms with E-state index in [9.17, 15) is 14.7 Å². The van der Waals surface area contributed by atoms with Gasteiger partial charge < -0.3 is 38.3 Å². The zero-order valence-electron chi connectivity index (χ0n) is 25.0. The van der Waals surface area contributed by atoms with Gasteiger partial charge >= 0.3 is 0 Å². The molecule has 11 heteroatoms. The molecule has 11 N–H and O–H groups in total. The third-order valence-electron chi connectivity index (χ3n) is 6.35. The Morgan fingerprint density at radius 1 is 0.907 bits per heavy atom. The third-order valence-corrected chi connectivity index (χ3v) is 7.21. The van der Waals surface area contributed by atoms with E-state index in [0.717, 1.165) is 54.1 Å². The van der Waals surface area contributed by atoms with Crippen LogP contribution < -0.4 is 33.2 Å². The fourth-order valence-corrected chi connectivity index (χ4v) is 4.92. The Morgan fingerprint density at radius 3 is 2.33 bits per heavy atom. The number of allylic oxidation sites excluding steroid dienone is 3. The highest BCUT2D eigenvalue weighted by Gasteiger charge is 2.12. The molecule has 0 aliphatic rings. The molecule has 2 aromatic rings. The number of nitrogens with two attached hydrogens (primary N) is 3. The number of aliphatic hydroxyl groups is 1. The molecule has 0 saturated carbocycles. The molecular formula is C32H47N7O3S. The van der Waals surface area contributed by atoms with Crippen LogP contribution in [0.2, 0.25) is 0 Å². The molecule has 0 radical (unpaired) electrons. The number of unbranched alkanes of at least 4 members (excludes halogenated alkanes) is 2. The molecule has 2 atom stereocenters. The second-order valence-corrected chi connectivity index (χ2v) is 11.6. The van der Waals surface area contributed by atoms with Crippen molar-refractivity contribution in [1.82, 2.24) is 16.0 Å². The average molecular weight is 610 g/mol. The summed E-state index contributed by atoms with van der Waals surface area (Å²) in [6.07, 6.45) is 7.96. The van der Waals surface area contributed by atoms with Gasteiger partial charge in [-0.15, -0.1) is 0 Å². The van der Waals surface area contributed by atoms with Crippen molar-refractivity contribution in [3.63, 3.8) is 0 Å². The van der Waals surface area contributed by atoms with Gasteiger partial charge in [-0.05, 0) is 60.9 Å². The van der Waals surface area contributed by atoms with E-state index in [1.807, 2.05) is 54.6 Å². The molecule has 0 fully saturated rings. The molecule has 0 aliphatic carbocycles. The zero-order chi connectivity index (χ0) is 31.5. The van der Waals surface area contributed by atoms with Gasteiger partial charge in [-0.1, -0.05) is 79.7 Å². The Balaban J connectivity index is 1.65. The van der Waals surface area contributed by atoms with Crippen LogP contribution in [0, 0.1) is 5.41 Å². The van der Waals surface area contributed by atoms with Crippen LogP contribution >= 0.6 is 11.8 Å². The monoisotopic (exact) mass is 609 g/mol. The highest BCUT2D eigenvalue weighted by Crippen LogP contribution is 2.14. The first-order chi connectivity index (χ1) is 20.6. The third kappa shape index (κ3) is 16.4. The van der Waals surface area contributed by atoms with E-state index in [2.05, 4.69) is 22.9 Å². The Hall–Kier alpha value is -3.80. The summed E-state index contributed by atoms with van der Waals surface area (Å²) < 4.78 is 0. The normalized spacial score (nSPS) is 13.2. The Morgan fingerprint density at radius 2 is 1.58 bits per heavy atom. The molecule has 2 unspecified atom stereocenters. The summed E-state index contributed by atoms with van der Waals surface area (Å²) in [5.41, 5.74) is 20.7. The maximum Gasteiger partial charge on any atom is 0.226 e. The average Bonchev–Trinajstić information content (AvgIpc) is 2.95. The molecular weight excluding hydrogens is 562 g/mol. The van der Waals surface area contributed by atoms with Crippen molar-refractivity contribution in [1.29, 1.82) is 5.41 Å². The van der Waals surface area contributed by atoms with Crippen molar-refractivity contribution in [2.75, 3.05) is 6.54 Å². The minimum atomic E-state index is -0.905. The van der Waals surface area contributed by atoms with Gasteiger partial charge in [0.25, 0.3) is 0 Å². The van der Waals surface area contributed by atoms with Crippen molar-refractivity contribution in [3.8, 4) is 0 Å². The number of benzene rings is 2. The SMILES string of the molecule is CCCCNC(=O)Cc1cccc(CC(O)N/C(N)=C/C=C(\N)CCCCC(=N)SC(N)NC(=O)Cc2ccccc2)c1. The fraction of sp³-hybridized carbons (Fsp3) is 0.406. The number of amides is 2. The predicted molar refractivity (Wildman–Crippen MR) is 176 cm³/mol. The van der Waals surface area contributed by atoms with Gasteiger partial charge in [0, 0.05) is 18.7 Å². The highest BCUT2D eigenvalue weighted by molar-refractivity contribution is 8.14. The second kappa shape index (κ2) is 20.2. The maximum absolute atomic E-state index is 12.1. The van der Waals surface area contributed by atoms with E-state index in [1.54, 1.807) is 12.2 Å².